The Morgan fingerprint density at radius 3 is 2.48 bits per heavy atom. The maximum atomic E-state index is 11.8. The molecule has 0 saturated carbocycles. The number of hydrogen-bond donors (Lipinski definition) is 3. The number of carbonyl (C=O) groups excluding carboxylic acids is 2. The van der Waals surface area contributed by atoms with Crippen LogP contribution in [0.5, 0.6) is 0 Å². The van der Waals surface area contributed by atoms with Crippen molar-refractivity contribution in [1.82, 2.24) is 15.2 Å². The van der Waals surface area contributed by atoms with E-state index in [1.54, 1.807) is 38.1 Å². The van der Waals surface area contributed by atoms with Crippen LogP contribution in [0.25, 0.3) is 0 Å². The lowest BCUT2D eigenvalue weighted by Crippen LogP contribution is -2.14. The van der Waals surface area contributed by atoms with Crippen molar-refractivity contribution in [2.45, 2.75) is 20.0 Å². The number of esters is 1. The first-order valence-corrected chi connectivity index (χ1v) is 6.26. The van der Waals surface area contributed by atoms with Crippen LogP contribution >= 0.6 is 0 Å². The third kappa shape index (κ3) is 3.78. The van der Waals surface area contributed by atoms with Crippen LogP contribution in [0, 0.1) is 0 Å². The average Bonchev–Trinajstić information content (AvgIpc) is 2.85. The van der Waals surface area contributed by atoms with E-state index in [9.17, 15) is 9.59 Å². The molecule has 0 spiro atoms. The zero-order chi connectivity index (χ0) is 15.4. The highest BCUT2D eigenvalue weighted by Crippen LogP contribution is 2.12. The zero-order valence-corrected chi connectivity index (χ0v) is 11.6. The van der Waals surface area contributed by atoms with Gasteiger partial charge in [0.1, 0.15) is 0 Å². The zero-order valence-electron chi connectivity index (χ0n) is 11.6. The van der Waals surface area contributed by atoms with Crippen molar-refractivity contribution in [2.24, 2.45) is 0 Å². The molecule has 1 amide bonds. The maximum Gasteiger partial charge on any atom is 0.338 e. The molecule has 1 aromatic carbocycles. The summed E-state index contributed by atoms with van der Waals surface area (Å²) in [5, 5.41) is 8.57. The molecule has 4 N–H and O–H groups in total. The summed E-state index contributed by atoms with van der Waals surface area (Å²) in [7, 11) is 0. The van der Waals surface area contributed by atoms with Gasteiger partial charge in [-0.2, -0.15) is 4.98 Å². The second-order valence-corrected chi connectivity index (χ2v) is 4.53. The summed E-state index contributed by atoms with van der Waals surface area (Å²) in [6.45, 7) is 3.55. The molecule has 1 heterocycles. The number of carbonyl (C=O) groups is 2. The molecule has 2 aromatic rings. The summed E-state index contributed by atoms with van der Waals surface area (Å²) in [4.78, 5) is 27.2. The number of nitrogens with one attached hydrogen (secondary N) is 2. The van der Waals surface area contributed by atoms with Crippen LogP contribution in [-0.4, -0.2) is 33.2 Å². The highest BCUT2D eigenvalue weighted by atomic mass is 16.5. The van der Waals surface area contributed by atoms with E-state index in [0.717, 1.165) is 0 Å². The maximum absolute atomic E-state index is 11.8. The summed E-state index contributed by atoms with van der Waals surface area (Å²) >= 11 is 0. The lowest BCUT2D eigenvalue weighted by Gasteiger charge is -2.08. The third-order valence-corrected chi connectivity index (χ3v) is 2.44. The molecule has 110 valence electrons. The number of ether oxygens (including phenoxy) is 1. The van der Waals surface area contributed by atoms with E-state index in [1.165, 1.54) is 0 Å². The van der Waals surface area contributed by atoms with Crippen LogP contribution in [0.15, 0.2) is 24.3 Å². The van der Waals surface area contributed by atoms with Gasteiger partial charge in [-0.05, 0) is 38.1 Å². The highest BCUT2D eigenvalue weighted by molar-refractivity contribution is 6.02. The van der Waals surface area contributed by atoms with Crippen molar-refractivity contribution in [3.63, 3.8) is 0 Å². The molecular weight excluding hydrogens is 274 g/mol. The fourth-order valence-electron chi connectivity index (χ4n) is 1.54. The molecule has 0 radical (unpaired) electrons. The van der Waals surface area contributed by atoms with E-state index in [2.05, 4.69) is 20.5 Å². The van der Waals surface area contributed by atoms with Gasteiger partial charge in [-0.15, -0.1) is 5.10 Å². The van der Waals surface area contributed by atoms with Crippen LogP contribution in [0.2, 0.25) is 0 Å². The number of amides is 1. The van der Waals surface area contributed by atoms with E-state index >= 15 is 0 Å². The summed E-state index contributed by atoms with van der Waals surface area (Å²) in [5.74, 6) is -0.884. The van der Waals surface area contributed by atoms with Crippen molar-refractivity contribution < 1.29 is 14.3 Å². The standard InChI is InChI=1S/C13H15N5O3/c1-7(2)21-12(20)8-3-5-9(6-4-8)15-11(19)10-16-13(14)18-17-10/h3-7H,1-2H3,(H,15,19)(H3,14,16,17,18). The Hall–Kier alpha value is -2.90. The van der Waals surface area contributed by atoms with Gasteiger partial charge < -0.3 is 15.8 Å². The summed E-state index contributed by atoms with van der Waals surface area (Å²) in [5.41, 5.74) is 6.24. The molecule has 8 nitrogen and oxygen atoms in total. The number of nitrogen functional groups attached to an aromatic ring is 1. The van der Waals surface area contributed by atoms with Crippen molar-refractivity contribution in [3.8, 4) is 0 Å². The first-order valence-electron chi connectivity index (χ1n) is 6.26. The van der Waals surface area contributed by atoms with Crippen LogP contribution in [0.4, 0.5) is 11.6 Å². The number of hydrogen-bond acceptors (Lipinski definition) is 6. The summed E-state index contributed by atoms with van der Waals surface area (Å²) in [6.07, 6.45) is -0.186. The monoisotopic (exact) mass is 289 g/mol. The molecule has 0 atom stereocenters. The van der Waals surface area contributed by atoms with Crippen LogP contribution < -0.4 is 11.1 Å². The van der Waals surface area contributed by atoms with E-state index in [1.807, 2.05) is 0 Å². The summed E-state index contributed by atoms with van der Waals surface area (Å²) < 4.78 is 5.07. The number of aromatic amines is 1. The normalized spacial score (nSPS) is 10.4. The number of aromatic nitrogens is 3. The lowest BCUT2D eigenvalue weighted by atomic mass is 10.2. The topological polar surface area (TPSA) is 123 Å². The number of benzene rings is 1. The van der Waals surface area contributed by atoms with Crippen molar-refractivity contribution in [1.29, 1.82) is 0 Å². The van der Waals surface area contributed by atoms with E-state index in [-0.39, 0.29) is 17.9 Å². The Morgan fingerprint density at radius 2 is 1.95 bits per heavy atom. The Morgan fingerprint density at radius 1 is 1.29 bits per heavy atom. The molecule has 21 heavy (non-hydrogen) atoms. The van der Waals surface area contributed by atoms with E-state index < -0.39 is 11.9 Å². The Labute approximate surface area is 120 Å². The van der Waals surface area contributed by atoms with Crippen LogP contribution in [0.3, 0.4) is 0 Å². The SMILES string of the molecule is CC(C)OC(=O)c1ccc(NC(=O)c2nc(N)n[nH]2)cc1. The summed E-state index contributed by atoms with van der Waals surface area (Å²) in [6, 6.07) is 6.31. The highest BCUT2D eigenvalue weighted by Gasteiger charge is 2.12. The van der Waals surface area contributed by atoms with E-state index in [0.29, 0.717) is 11.3 Å². The second-order valence-electron chi connectivity index (χ2n) is 4.53. The molecule has 0 bridgehead atoms. The third-order valence-electron chi connectivity index (χ3n) is 2.44. The fourth-order valence-corrected chi connectivity index (χ4v) is 1.54. The number of rotatable bonds is 4. The number of anilines is 2. The van der Waals surface area contributed by atoms with Gasteiger partial charge in [0.05, 0.1) is 11.7 Å². The number of nitrogens with two attached hydrogens (primary N) is 1. The molecule has 0 aliphatic heterocycles. The molecule has 2 rings (SSSR count). The molecule has 0 fully saturated rings. The minimum Gasteiger partial charge on any atom is -0.459 e. The predicted octanol–water partition coefficient (Wildman–Crippen LogP) is 1.20. The minimum absolute atomic E-state index is 0.00747. The first-order chi connectivity index (χ1) is 9.95. The van der Waals surface area contributed by atoms with Gasteiger partial charge in [-0.3, -0.25) is 9.89 Å². The fraction of sp³-hybridized carbons (Fsp3) is 0.231. The smallest absolute Gasteiger partial charge is 0.338 e. The average molecular weight is 289 g/mol. The van der Waals surface area contributed by atoms with Gasteiger partial charge in [0.25, 0.3) is 5.91 Å². The second kappa shape index (κ2) is 6.04. The lowest BCUT2D eigenvalue weighted by molar-refractivity contribution is 0.0378. The predicted molar refractivity (Wildman–Crippen MR) is 75.7 cm³/mol. The molecule has 0 aliphatic rings. The van der Waals surface area contributed by atoms with Gasteiger partial charge in [0, 0.05) is 5.69 Å². The van der Waals surface area contributed by atoms with Crippen molar-refractivity contribution in [3.05, 3.63) is 35.7 Å². The van der Waals surface area contributed by atoms with Crippen molar-refractivity contribution >= 4 is 23.5 Å². The van der Waals surface area contributed by atoms with Crippen LogP contribution in [0.1, 0.15) is 34.8 Å². The van der Waals surface area contributed by atoms with Crippen molar-refractivity contribution in [2.75, 3.05) is 11.1 Å². The van der Waals surface area contributed by atoms with E-state index in [4.69, 9.17) is 10.5 Å². The molecule has 1 aromatic heterocycles. The van der Waals surface area contributed by atoms with Gasteiger partial charge in [-0.1, -0.05) is 0 Å². The number of nitrogens with zero attached hydrogens (tertiary/aromatic N) is 2. The number of H-pyrrole nitrogens is 1. The molecule has 8 heteroatoms. The Balaban J connectivity index is 2.02. The minimum atomic E-state index is -0.475. The molecule has 0 saturated heterocycles. The molecule has 0 aliphatic carbocycles. The quantitative estimate of drug-likeness (QED) is 0.727. The first kappa shape index (κ1) is 14.5. The van der Waals surface area contributed by atoms with Gasteiger partial charge in [0.2, 0.25) is 11.8 Å². The Bertz CT molecular complexity index is 648. The van der Waals surface area contributed by atoms with Gasteiger partial charge >= 0.3 is 5.97 Å². The largest absolute Gasteiger partial charge is 0.459 e. The van der Waals surface area contributed by atoms with Crippen LogP contribution in [-0.2, 0) is 4.74 Å². The molecule has 0 unspecified atom stereocenters. The van der Waals surface area contributed by atoms with Gasteiger partial charge in [-0.25, -0.2) is 4.79 Å². The van der Waals surface area contributed by atoms with Gasteiger partial charge in [0.15, 0.2) is 0 Å². The Kier molecular flexibility index (Phi) is 4.17. The molecular formula is C13H15N5O3.